The summed E-state index contributed by atoms with van der Waals surface area (Å²) in [5.41, 5.74) is 10.4. The molecular weight excluding hydrogens is 250 g/mol. The average molecular weight is 273 g/mol. The number of aliphatic carboxylic acids is 1. The summed E-state index contributed by atoms with van der Waals surface area (Å²) in [6.07, 6.45) is 2.24. The van der Waals surface area contributed by atoms with Crippen molar-refractivity contribution in [2.24, 2.45) is 17.4 Å². The quantitative estimate of drug-likeness (QED) is 0.429. The van der Waals surface area contributed by atoms with Crippen molar-refractivity contribution in [2.75, 3.05) is 6.54 Å². The molecule has 7 nitrogen and oxygen atoms in total. The molecule has 0 aromatic carbocycles. The zero-order valence-electron chi connectivity index (χ0n) is 11.2. The Hall–Kier alpha value is -1.63. The molecule has 0 aliphatic heterocycles. The number of carbonyl (C=O) groups excluding carboxylic acids is 2. The van der Waals surface area contributed by atoms with E-state index in [4.69, 9.17) is 16.6 Å². The van der Waals surface area contributed by atoms with Gasteiger partial charge in [-0.3, -0.25) is 9.59 Å². The summed E-state index contributed by atoms with van der Waals surface area (Å²) >= 11 is 0. The molecule has 2 atom stereocenters. The third-order valence-corrected chi connectivity index (χ3v) is 2.97. The second-order valence-corrected chi connectivity index (χ2v) is 4.52. The summed E-state index contributed by atoms with van der Waals surface area (Å²) in [6.45, 7) is 2.59. The van der Waals surface area contributed by atoms with Gasteiger partial charge in [-0.15, -0.1) is 0 Å². The number of amides is 2. The molecule has 0 aliphatic rings. The summed E-state index contributed by atoms with van der Waals surface area (Å²) in [5, 5.41) is 11.1. The Labute approximate surface area is 112 Å². The van der Waals surface area contributed by atoms with Gasteiger partial charge in [-0.05, 0) is 25.3 Å². The number of nitrogens with two attached hydrogens (primary N) is 2. The van der Waals surface area contributed by atoms with Gasteiger partial charge >= 0.3 is 5.97 Å². The molecule has 0 aliphatic carbocycles. The molecule has 0 bridgehead atoms. The minimum atomic E-state index is -1.26. The van der Waals surface area contributed by atoms with Gasteiger partial charge < -0.3 is 21.9 Å². The van der Waals surface area contributed by atoms with Crippen molar-refractivity contribution in [3.05, 3.63) is 0 Å². The van der Waals surface area contributed by atoms with Crippen molar-refractivity contribution in [3.63, 3.8) is 0 Å². The number of hydrogen-bond donors (Lipinski definition) is 4. The summed E-state index contributed by atoms with van der Waals surface area (Å²) in [7, 11) is 0. The van der Waals surface area contributed by atoms with Crippen LogP contribution < -0.4 is 16.8 Å². The van der Waals surface area contributed by atoms with Crippen LogP contribution in [0.1, 0.15) is 39.0 Å². The number of rotatable bonds is 10. The van der Waals surface area contributed by atoms with E-state index in [9.17, 15) is 14.4 Å². The highest BCUT2D eigenvalue weighted by Crippen LogP contribution is 2.14. The van der Waals surface area contributed by atoms with Crippen molar-refractivity contribution in [3.8, 4) is 0 Å². The Kier molecular flexibility index (Phi) is 8.52. The zero-order valence-corrected chi connectivity index (χ0v) is 11.2. The molecule has 110 valence electrons. The second kappa shape index (κ2) is 9.32. The monoisotopic (exact) mass is 273 g/mol. The maximum absolute atomic E-state index is 11.6. The molecule has 0 aromatic heterocycles. The van der Waals surface area contributed by atoms with Crippen LogP contribution in [0.15, 0.2) is 0 Å². The Morgan fingerprint density at radius 2 is 1.89 bits per heavy atom. The van der Waals surface area contributed by atoms with Gasteiger partial charge in [0.1, 0.15) is 6.04 Å². The number of carboxylic acids is 1. The lowest BCUT2D eigenvalue weighted by molar-refractivity contribution is -0.143. The minimum Gasteiger partial charge on any atom is -0.480 e. The van der Waals surface area contributed by atoms with E-state index in [0.29, 0.717) is 18.9 Å². The first-order valence-electron chi connectivity index (χ1n) is 6.41. The molecule has 6 N–H and O–H groups in total. The Morgan fingerprint density at radius 3 is 2.32 bits per heavy atom. The number of primary amides is 1. The van der Waals surface area contributed by atoms with E-state index >= 15 is 0 Å². The highest BCUT2D eigenvalue weighted by molar-refractivity contribution is 5.88. The summed E-state index contributed by atoms with van der Waals surface area (Å²) in [5.74, 6) is -2.05. The van der Waals surface area contributed by atoms with Crippen LogP contribution in [0, 0.1) is 5.92 Å². The summed E-state index contributed by atoms with van der Waals surface area (Å²) < 4.78 is 0. The number of nitrogens with one attached hydrogen (secondary N) is 1. The first-order valence-corrected chi connectivity index (χ1v) is 6.41. The molecule has 2 unspecified atom stereocenters. The van der Waals surface area contributed by atoms with Crippen molar-refractivity contribution in [1.29, 1.82) is 0 Å². The molecule has 0 radical (unpaired) electrons. The number of hydrogen-bond acceptors (Lipinski definition) is 4. The highest BCUT2D eigenvalue weighted by atomic mass is 16.4. The third kappa shape index (κ3) is 8.15. The van der Waals surface area contributed by atoms with Crippen molar-refractivity contribution >= 4 is 17.8 Å². The fourth-order valence-electron chi connectivity index (χ4n) is 1.79. The van der Waals surface area contributed by atoms with Crippen LogP contribution >= 0.6 is 0 Å². The number of carboxylic acid groups (broad SMARTS) is 1. The number of carbonyl (C=O) groups is 3. The molecule has 0 saturated heterocycles. The smallest absolute Gasteiger partial charge is 0.326 e. The van der Waals surface area contributed by atoms with Gasteiger partial charge in [-0.1, -0.05) is 13.3 Å². The zero-order chi connectivity index (χ0) is 14.8. The second-order valence-electron chi connectivity index (χ2n) is 4.52. The van der Waals surface area contributed by atoms with Crippen LogP contribution in [-0.2, 0) is 14.4 Å². The standard InChI is InChI=1S/C12H23N3O4/c1-2-8(5-6-13)3-4-11(17)15-9(12(18)19)7-10(14)16/h8-9H,2-7,13H2,1H3,(H2,14,16)(H,15,17)(H,18,19). The molecule has 7 heteroatoms. The average Bonchev–Trinajstić information content (AvgIpc) is 2.32. The van der Waals surface area contributed by atoms with Gasteiger partial charge in [0, 0.05) is 6.42 Å². The minimum absolute atomic E-state index is 0.223. The molecule has 0 spiro atoms. The molecule has 2 amide bonds. The van der Waals surface area contributed by atoms with Crippen LogP contribution in [0.2, 0.25) is 0 Å². The fourth-order valence-corrected chi connectivity index (χ4v) is 1.79. The van der Waals surface area contributed by atoms with E-state index < -0.39 is 24.3 Å². The van der Waals surface area contributed by atoms with Crippen LogP contribution in [0.4, 0.5) is 0 Å². The third-order valence-electron chi connectivity index (χ3n) is 2.97. The van der Waals surface area contributed by atoms with Gasteiger partial charge in [0.2, 0.25) is 11.8 Å². The Balaban J connectivity index is 4.19. The van der Waals surface area contributed by atoms with Gasteiger partial charge in [0.15, 0.2) is 0 Å². The van der Waals surface area contributed by atoms with Crippen LogP contribution in [0.25, 0.3) is 0 Å². The first-order chi connectivity index (χ1) is 8.90. The Bertz CT molecular complexity index is 320. The van der Waals surface area contributed by atoms with E-state index in [0.717, 1.165) is 12.8 Å². The van der Waals surface area contributed by atoms with Crippen LogP contribution in [-0.4, -0.2) is 35.5 Å². The maximum Gasteiger partial charge on any atom is 0.326 e. The lowest BCUT2D eigenvalue weighted by atomic mass is 9.96. The van der Waals surface area contributed by atoms with Crippen molar-refractivity contribution < 1.29 is 19.5 Å². The highest BCUT2D eigenvalue weighted by Gasteiger charge is 2.22. The van der Waals surface area contributed by atoms with E-state index in [1.165, 1.54) is 0 Å². The molecular formula is C12H23N3O4. The van der Waals surface area contributed by atoms with Gasteiger partial charge in [-0.2, -0.15) is 0 Å². The van der Waals surface area contributed by atoms with E-state index in [1.54, 1.807) is 0 Å². The predicted molar refractivity (Wildman–Crippen MR) is 70.1 cm³/mol. The SMILES string of the molecule is CCC(CCN)CCC(=O)NC(CC(N)=O)C(=O)O. The molecule has 0 rings (SSSR count). The van der Waals surface area contributed by atoms with Gasteiger partial charge in [-0.25, -0.2) is 4.79 Å². The van der Waals surface area contributed by atoms with Crippen LogP contribution in [0.5, 0.6) is 0 Å². The lowest BCUT2D eigenvalue weighted by Gasteiger charge is -2.15. The normalized spacial score (nSPS) is 13.6. The molecule has 0 fully saturated rings. The summed E-state index contributed by atoms with van der Waals surface area (Å²) in [4.78, 5) is 33.1. The first kappa shape index (κ1) is 17.4. The van der Waals surface area contributed by atoms with E-state index in [-0.39, 0.29) is 12.3 Å². The predicted octanol–water partition coefficient (Wildman–Crippen LogP) is -0.414. The molecule has 0 aromatic rings. The Morgan fingerprint density at radius 1 is 1.26 bits per heavy atom. The molecule has 19 heavy (non-hydrogen) atoms. The van der Waals surface area contributed by atoms with E-state index in [2.05, 4.69) is 5.32 Å². The molecule has 0 saturated carbocycles. The summed E-state index contributed by atoms with van der Waals surface area (Å²) in [6, 6.07) is -1.25. The fraction of sp³-hybridized carbons (Fsp3) is 0.750. The van der Waals surface area contributed by atoms with Crippen molar-refractivity contribution in [1.82, 2.24) is 5.32 Å². The lowest BCUT2D eigenvalue weighted by Crippen LogP contribution is -2.43. The molecule has 0 heterocycles. The van der Waals surface area contributed by atoms with Gasteiger partial charge in [0.25, 0.3) is 0 Å². The largest absolute Gasteiger partial charge is 0.480 e. The van der Waals surface area contributed by atoms with E-state index in [1.807, 2.05) is 6.92 Å². The maximum atomic E-state index is 11.6. The van der Waals surface area contributed by atoms with Gasteiger partial charge in [0.05, 0.1) is 6.42 Å². The van der Waals surface area contributed by atoms with Crippen LogP contribution in [0.3, 0.4) is 0 Å². The topological polar surface area (TPSA) is 136 Å². The van der Waals surface area contributed by atoms with Crippen molar-refractivity contribution in [2.45, 2.75) is 45.1 Å².